The SMILES string of the molecule is COC(=O)N[C@@H](CCCCNC(=O)CN(CC(=O)NCCc1ccc(F)cc1)C(=O)c1cccc(C(=O)N(CC(=O)NCCCC[C@H](NC(=O)OC)C(=O)OC)CC(=O)NCCc2ccc(F)cc2)c1)C(=O)OC. The molecule has 3 aromatic carbocycles. The molecule has 0 unspecified atom stereocenters. The number of nitrogens with one attached hydrogen (secondary N) is 6. The molecule has 8 amide bonds. The summed E-state index contributed by atoms with van der Waals surface area (Å²) in [5.41, 5.74) is 1.19. The minimum atomic E-state index is -1.00. The summed E-state index contributed by atoms with van der Waals surface area (Å²) in [5.74, 6) is -6.53. The van der Waals surface area contributed by atoms with Gasteiger partial charge < -0.3 is 60.6 Å². The Morgan fingerprint density at radius 3 is 1.12 bits per heavy atom. The minimum Gasteiger partial charge on any atom is -0.467 e. The van der Waals surface area contributed by atoms with Crippen LogP contribution in [0, 0.1) is 11.6 Å². The lowest BCUT2D eigenvalue weighted by Crippen LogP contribution is -2.47. The Labute approximate surface area is 426 Å². The number of methoxy groups -OCH3 is 4. The number of esters is 2. The van der Waals surface area contributed by atoms with E-state index in [0.29, 0.717) is 38.5 Å². The normalized spacial score (nSPS) is 11.3. The third-order valence-electron chi connectivity index (χ3n) is 11.0. The summed E-state index contributed by atoms with van der Waals surface area (Å²) >= 11 is 0. The number of hydrogen-bond donors (Lipinski definition) is 6. The molecular formula is C50H64F2N8O14. The third-order valence-corrected chi connectivity index (χ3v) is 11.0. The molecule has 6 N–H and O–H groups in total. The molecule has 0 bridgehead atoms. The number of hydrogen-bond acceptors (Lipinski definition) is 14. The monoisotopic (exact) mass is 1040 g/mol. The van der Waals surface area contributed by atoms with Gasteiger partial charge >= 0.3 is 24.1 Å². The summed E-state index contributed by atoms with van der Waals surface area (Å²) in [6.07, 6.45) is 0.633. The predicted molar refractivity (Wildman–Crippen MR) is 261 cm³/mol. The summed E-state index contributed by atoms with van der Waals surface area (Å²) in [5, 5.41) is 15.4. The van der Waals surface area contributed by atoms with Gasteiger partial charge in [-0.3, -0.25) is 28.8 Å². The van der Waals surface area contributed by atoms with E-state index in [9.17, 15) is 56.7 Å². The van der Waals surface area contributed by atoms with E-state index in [4.69, 9.17) is 9.47 Å². The number of amides is 8. The highest BCUT2D eigenvalue weighted by Gasteiger charge is 2.27. The van der Waals surface area contributed by atoms with Gasteiger partial charge in [-0.2, -0.15) is 0 Å². The zero-order chi connectivity index (χ0) is 54.4. The second-order valence-corrected chi connectivity index (χ2v) is 16.5. The highest BCUT2D eigenvalue weighted by Crippen LogP contribution is 2.13. The number of rotatable bonds is 30. The van der Waals surface area contributed by atoms with Gasteiger partial charge in [0, 0.05) is 37.3 Å². The fourth-order valence-electron chi connectivity index (χ4n) is 7.05. The van der Waals surface area contributed by atoms with Crippen molar-refractivity contribution in [1.29, 1.82) is 0 Å². The average molecular weight is 1040 g/mol. The van der Waals surface area contributed by atoms with Crippen LogP contribution in [0.15, 0.2) is 72.8 Å². The maximum Gasteiger partial charge on any atom is 0.407 e. The van der Waals surface area contributed by atoms with Gasteiger partial charge in [0.25, 0.3) is 11.8 Å². The largest absolute Gasteiger partial charge is 0.467 e. The van der Waals surface area contributed by atoms with Crippen molar-refractivity contribution in [2.24, 2.45) is 0 Å². The lowest BCUT2D eigenvalue weighted by atomic mass is 10.1. The molecule has 3 aromatic rings. The van der Waals surface area contributed by atoms with Crippen molar-refractivity contribution in [3.05, 3.63) is 107 Å². The summed E-state index contributed by atoms with van der Waals surface area (Å²) < 4.78 is 45.4. The molecule has 0 aliphatic rings. The van der Waals surface area contributed by atoms with E-state index in [1.807, 2.05) is 0 Å². The van der Waals surface area contributed by atoms with Gasteiger partial charge in [-0.1, -0.05) is 30.3 Å². The maximum atomic E-state index is 14.2. The van der Waals surface area contributed by atoms with Crippen molar-refractivity contribution >= 4 is 59.6 Å². The smallest absolute Gasteiger partial charge is 0.407 e. The standard InChI is InChI=1S/C50H64F2N8O14/c1-71-47(67)39(57-49(69)73-3)12-5-7-24-53-41(61)29-59(31-43(63)55-26-22-33-14-18-37(51)19-15-33)45(65)35-10-9-11-36(28-35)46(66)60(32-44(64)56-27-23-34-16-20-38(52)21-17-34)30-42(62)54-25-8-6-13-40(48(68)72-2)58-50(70)74-4/h9-11,14-21,28,39-40H,5-8,12-13,22-27,29-32H2,1-4H3,(H,53,61)(H,54,62)(H,55,63)(H,56,64)(H,57,69)(H,58,70)/t39-,40-/m0/s1. The van der Waals surface area contributed by atoms with Crippen LogP contribution in [0.3, 0.4) is 0 Å². The molecule has 0 aromatic heterocycles. The Kier molecular flexibility index (Phi) is 26.6. The van der Waals surface area contributed by atoms with Crippen LogP contribution < -0.4 is 31.9 Å². The van der Waals surface area contributed by atoms with Crippen LogP contribution in [-0.2, 0) is 60.6 Å². The molecule has 3 rings (SSSR count). The molecule has 74 heavy (non-hydrogen) atoms. The van der Waals surface area contributed by atoms with E-state index >= 15 is 0 Å². The van der Waals surface area contributed by atoms with Crippen molar-refractivity contribution in [3.63, 3.8) is 0 Å². The minimum absolute atomic E-state index is 0.0778. The van der Waals surface area contributed by atoms with E-state index in [2.05, 4.69) is 41.4 Å². The van der Waals surface area contributed by atoms with Crippen LogP contribution in [0.25, 0.3) is 0 Å². The number of nitrogens with zero attached hydrogens (tertiary/aromatic N) is 2. The van der Waals surface area contributed by atoms with Crippen molar-refractivity contribution in [2.45, 2.75) is 63.5 Å². The number of unbranched alkanes of at least 4 members (excludes halogenated alkanes) is 2. The Balaban J connectivity index is 1.78. The molecular weight excluding hydrogens is 975 g/mol. The second-order valence-electron chi connectivity index (χ2n) is 16.5. The number of benzene rings is 3. The molecule has 0 saturated carbocycles. The van der Waals surface area contributed by atoms with Crippen LogP contribution in [-0.4, -0.2) is 162 Å². The highest BCUT2D eigenvalue weighted by atomic mass is 19.1. The van der Waals surface area contributed by atoms with Crippen LogP contribution >= 0.6 is 0 Å². The molecule has 0 heterocycles. The lowest BCUT2D eigenvalue weighted by molar-refractivity contribution is -0.144. The number of carbonyl (C=O) groups is 10. The van der Waals surface area contributed by atoms with Gasteiger partial charge in [0.2, 0.25) is 23.6 Å². The van der Waals surface area contributed by atoms with Crippen LogP contribution in [0.1, 0.15) is 70.4 Å². The number of ether oxygens (including phenoxy) is 4. The van der Waals surface area contributed by atoms with Gasteiger partial charge in [-0.05, 0) is 105 Å². The van der Waals surface area contributed by atoms with Gasteiger partial charge in [-0.25, -0.2) is 28.0 Å². The fourth-order valence-corrected chi connectivity index (χ4v) is 7.05. The molecule has 22 nitrogen and oxygen atoms in total. The fraction of sp³-hybridized carbons (Fsp3) is 0.440. The van der Waals surface area contributed by atoms with Crippen molar-refractivity contribution in [2.75, 3.05) is 80.8 Å². The number of halogens is 2. The van der Waals surface area contributed by atoms with Crippen LogP contribution in [0.4, 0.5) is 18.4 Å². The Morgan fingerprint density at radius 2 is 0.797 bits per heavy atom. The molecule has 0 aliphatic carbocycles. The quantitative estimate of drug-likeness (QED) is 0.0316. The first-order chi connectivity index (χ1) is 35.5. The molecule has 0 saturated heterocycles. The summed E-state index contributed by atoms with van der Waals surface area (Å²) in [4.78, 5) is 131. The molecule has 0 spiro atoms. The molecule has 0 radical (unpaired) electrons. The van der Waals surface area contributed by atoms with Gasteiger partial charge in [-0.15, -0.1) is 0 Å². The van der Waals surface area contributed by atoms with E-state index in [-0.39, 0.29) is 50.1 Å². The lowest BCUT2D eigenvalue weighted by Gasteiger charge is -2.24. The van der Waals surface area contributed by atoms with E-state index < -0.39 is 109 Å². The van der Waals surface area contributed by atoms with Gasteiger partial charge in [0.15, 0.2) is 0 Å². The van der Waals surface area contributed by atoms with E-state index in [0.717, 1.165) is 49.4 Å². The highest BCUT2D eigenvalue weighted by molar-refractivity contribution is 6.03. The molecule has 2 atom stereocenters. The van der Waals surface area contributed by atoms with Gasteiger partial charge in [0.1, 0.15) is 49.9 Å². The van der Waals surface area contributed by atoms with Crippen molar-refractivity contribution < 1.29 is 75.7 Å². The second kappa shape index (κ2) is 32.7. The Hall–Kier alpha value is -8.18. The molecule has 24 heteroatoms. The topological polar surface area (TPSA) is 286 Å². The van der Waals surface area contributed by atoms with Crippen LogP contribution in [0.5, 0.6) is 0 Å². The van der Waals surface area contributed by atoms with Crippen molar-refractivity contribution in [1.82, 2.24) is 41.7 Å². The first-order valence-corrected chi connectivity index (χ1v) is 23.6. The number of carbonyl (C=O) groups excluding carboxylic acids is 10. The third kappa shape index (κ3) is 22.5. The predicted octanol–water partition coefficient (Wildman–Crippen LogP) is 1.94. The first kappa shape index (κ1) is 60.1. The Morgan fingerprint density at radius 1 is 0.459 bits per heavy atom. The van der Waals surface area contributed by atoms with Gasteiger partial charge in [0.05, 0.1) is 28.4 Å². The molecule has 0 aliphatic heterocycles. The zero-order valence-electron chi connectivity index (χ0n) is 41.8. The van der Waals surface area contributed by atoms with Crippen molar-refractivity contribution in [3.8, 4) is 0 Å². The zero-order valence-corrected chi connectivity index (χ0v) is 41.8. The number of alkyl carbamates (subject to hydrolysis) is 2. The first-order valence-electron chi connectivity index (χ1n) is 23.6. The van der Waals surface area contributed by atoms with Crippen LogP contribution in [0.2, 0.25) is 0 Å². The summed E-state index contributed by atoms with van der Waals surface area (Å²) in [6.45, 7) is -2.09. The van der Waals surface area contributed by atoms with E-state index in [1.54, 1.807) is 24.3 Å². The maximum absolute atomic E-state index is 14.2. The molecule has 0 fully saturated rings. The van der Waals surface area contributed by atoms with E-state index in [1.165, 1.54) is 48.5 Å². The Bertz CT molecular complexity index is 2220. The summed E-state index contributed by atoms with van der Waals surface area (Å²) in [6, 6.07) is 14.6. The molecule has 402 valence electrons. The summed E-state index contributed by atoms with van der Waals surface area (Å²) in [7, 11) is 4.60. The average Bonchev–Trinajstić information content (AvgIpc) is 3.39.